The molecular formula is C23H23BrN4O. The van der Waals surface area contributed by atoms with Gasteiger partial charge >= 0.3 is 0 Å². The summed E-state index contributed by atoms with van der Waals surface area (Å²) in [6, 6.07) is 19.0. The van der Waals surface area contributed by atoms with Crippen molar-refractivity contribution in [2.45, 2.75) is 19.8 Å². The van der Waals surface area contributed by atoms with Crippen molar-refractivity contribution in [1.29, 1.82) is 0 Å². The van der Waals surface area contributed by atoms with Crippen LogP contribution in [0.25, 0.3) is 11.3 Å². The van der Waals surface area contributed by atoms with Crippen LogP contribution in [0.4, 0.5) is 11.5 Å². The standard InChI is InChI=1S/C23H23BrN4O/c1-16-11-13-28(14-12-16)22-10-9-21(26-27-22)17-5-7-20(8-6-17)25-23(29)18-3-2-4-19(24)15-18/h2-10,15-16H,11-14H2,1H3,(H,25,29). The molecule has 148 valence electrons. The van der Waals surface area contributed by atoms with Crippen molar-refractivity contribution in [3.8, 4) is 11.3 Å². The van der Waals surface area contributed by atoms with E-state index in [0.717, 1.165) is 46.2 Å². The van der Waals surface area contributed by atoms with E-state index in [0.29, 0.717) is 5.56 Å². The first-order valence-corrected chi connectivity index (χ1v) is 10.6. The number of amides is 1. The molecule has 6 heteroatoms. The van der Waals surface area contributed by atoms with Crippen LogP contribution in [0.1, 0.15) is 30.1 Å². The van der Waals surface area contributed by atoms with Crippen LogP contribution < -0.4 is 10.2 Å². The predicted molar refractivity (Wildman–Crippen MR) is 120 cm³/mol. The van der Waals surface area contributed by atoms with Gasteiger partial charge in [0.05, 0.1) is 5.69 Å². The van der Waals surface area contributed by atoms with Gasteiger partial charge < -0.3 is 10.2 Å². The maximum absolute atomic E-state index is 12.4. The Morgan fingerprint density at radius 3 is 2.45 bits per heavy atom. The van der Waals surface area contributed by atoms with Gasteiger partial charge in [0.25, 0.3) is 5.91 Å². The second-order valence-corrected chi connectivity index (χ2v) is 8.40. The van der Waals surface area contributed by atoms with Crippen LogP contribution in [-0.4, -0.2) is 29.2 Å². The normalized spacial score (nSPS) is 14.6. The van der Waals surface area contributed by atoms with Crippen LogP contribution in [0.5, 0.6) is 0 Å². The lowest BCUT2D eigenvalue weighted by atomic mass is 9.99. The third kappa shape index (κ3) is 4.82. The van der Waals surface area contributed by atoms with Gasteiger partial charge in [-0.15, -0.1) is 10.2 Å². The summed E-state index contributed by atoms with van der Waals surface area (Å²) in [5.41, 5.74) is 3.14. The summed E-state index contributed by atoms with van der Waals surface area (Å²) < 4.78 is 0.876. The molecule has 2 aromatic carbocycles. The summed E-state index contributed by atoms with van der Waals surface area (Å²) in [6.45, 7) is 4.39. The fraction of sp³-hybridized carbons (Fsp3) is 0.261. The lowest BCUT2D eigenvalue weighted by Crippen LogP contribution is -2.33. The molecule has 1 aliphatic heterocycles. The zero-order valence-electron chi connectivity index (χ0n) is 16.3. The van der Waals surface area contributed by atoms with Gasteiger partial charge in [-0.05, 0) is 61.2 Å². The molecule has 1 aliphatic rings. The number of benzene rings is 2. The summed E-state index contributed by atoms with van der Waals surface area (Å²) in [6.07, 6.45) is 2.41. The van der Waals surface area contributed by atoms with E-state index in [4.69, 9.17) is 0 Å². The summed E-state index contributed by atoms with van der Waals surface area (Å²) in [4.78, 5) is 14.7. The highest BCUT2D eigenvalue weighted by Gasteiger charge is 2.17. The van der Waals surface area contributed by atoms with Gasteiger partial charge in [-0.25, -0.2) is 0 Å². The second-order valence-electron chi connectivity index (χ2n) is 7.49. The minimum absolute atomic E-state index is 0.140. The van der Waals surface area contributed by atoms with Crippen molar-refractivity contribution in [2.24, 2.45) is 5.92 Å². The minimum Gasteiger partial charge on any atom is -0.355 e. The molecule has 0 aliphatic carbocycles. The molecule has 5 nitrogen and oxygen atoms in total. The lowest BCUT2D eigenvalue weighted by Gasteiger charge is -2.30. The summed E-state index contributed by atoms with van der Waals surface area (Å²) in [5, 5.41) is 11.7. The second kappa shape index (κ2) is 8.74. The molecule has 29 heavy (non-hydrogen) atoms. The molecule has 1 fully saturated rings. The van der Waals surface area contributed by atoms with E-state index < -0.39 is 0 Å². The maximum atomic E-state index is 12.4. The van der Waals surface area contributed by atoms with E-state index in [9.17, 15) is 4.79 Å². The maximum Gasteiger partial charge on any atom is 0.255 e. The zero-order chi connectivity index (χ0) is 20.2. The van der Waals surface area contributed by atoms with E-state index >= 15 is 0 Å². The first-order chi connectivity index (χ1) is 14.1. The van der Waals surface area contributed by atoms with Crippen LogP contribution in [0, 0.1) is 5.92 Å². The molecule has 2 heterocycles. The molecule has 3 aromatic rings. The van der Waals surface area contributed by atoms with Crippen molar-refractivity contribution in [2.75, 3.05) is 23.3 Å². The number of hydrogen-bond donors (Lipinski definition) is 1. The van der Waals surface area contributed by atoms with E-state index in [2.05, 4.69) is 43.3 Å². The molecular weight excluding hydrogens is 428 g/mol. The molecule has 0 bridgehead atoms. The molecule has 0 radical (unpaired) electrons. The molecule has 4 rings (SSSR count). The zero-order valence-corrected chi connectivity index (χ0v) is 17.9. The SMILES string of the molecule is CC1CCN(c2ccc(-c3ccc(NC(=O)c4cccc(Br)c4)cc3)nn2)CC1. The number of carbonyl (C=O) groups excluding carboxylic acids is 1. The van der Waals surface area contributed by atoms with Gasteiger partial charge in [-0.3, -0.25) is 4.79 Å². The number of piperidine rings is 1. The quantitative estimate of drug-likeness (QED) is 0.578. The Bertz CT molecular complexity index is 981. The van der Waals surface area contributed by atoms with E-state index in [1.807, 2.05) is 48.5 Å². The van der Waals surface area contributed by atoms with Crippen LogP contribution in [0.2, 0.25) is 0 Å². The summed E-state index contributed by atoms with van der Waals surface area (Å²) >= 11 is 3.39. The predicted octanol–water partition coefficient (Wildman–Crippen LogP) is 5.39. The van der Waals surface area contributed by atoms with E-state index in [1.165, 1.54) is 12.8 Å². The number of nitrogens with zero attached hydrogens (tertiary/aromatic N) is 3. The topological polar surface area (TPSA) is 58.1 Å². The van der Waals surface area contributed by atoms with Crippen molar-refractivity contribution in [3.63, 3.8) is 0 Å². The Balaban J connectivity index is 1.42. The highest BCUT2D eigenvalue weighted by atomic mass is 79.9. The first-order valence-electron chi connectivity index (χ1n) is 9.84. The van der Waals surface area contributed by atoms with Crippen molar-refractivity contribution in [1.82, 2.24) is 10.2 Å². The van der Waals surface area contributed by atoms with Crippen molar-refractivity contribution < 1.29 is 4.79 Å². The highest BCUT2D eigenvalue weighted by molar-refractivity contribution is 9.10. The van der Waals surface area contributed by atoms with Crippen LogP contribution in [0.3, 0.4) is 0 Å². The Hall–Kier alpha value is -2.73. The van der Waals surface area contributed by atoms with Crippen LogP contribution in [0.15, 0.2) is 65.1 Å². The average Bonchev–Trinajstić information content (AvgIpc) is 2.75. The Morgan fingerprint density at radius 1 is 1.03 bits per heavy atom. The number of hydrogen-bond acceptors (Lipinski definition) is 4. The largest absolute Gasteiger partial charge is 0.355 e. The molecule has 0 unspecified atom stereocenters. The number of aromatic nitrogens is 2. The van der Waals surface area contributed by atoms with Gasteiger partial charge in [0.15, 0.2) is 5.82 Å². The number of rotatable bonds is 4. The monoisotopic (exact) mass is 450 g/mol. The van der Waals surface area contributed by atoms with Crippen molar-refractivity contribution in [3.05, 3.63) is 70.7 Å². The van der Waals surface area contributed by atoms with Crippen LogP contribution >= 0.6 is 15.9 Å². The highest BCUT2D eigenvalue weighted by Crippen LogP contribution is 2.24. The number of anilines is 2. The van der Waals surface area contributed by atoms with Gasteiger partial charge in [0.1, 0.15) is 0 Å². The van der Waals surface area contributed by atoms with E-state index in [1.54, 1.807) is 12.1 Å². The minimum atomic E-state index is -0.140. The number of halogens is 1. The third-order valence-corrected chi connectivity index (χ3v) is 5.78. The Morgan fingerprint density at radius 2 is 1.79 bits per heavy atom. The smallest absolute Gasteiger partial charge is 0.255 e. The fourth-order valence-electron chi connectivity index (χ4n) is 3.44. The molecule has 1 saturated heterocycles. The van der Waals surface area contributed by atoms with Crippen molar-refractivity contribution >= 4 is 33.3 Å². The fourth-order valence-corrected chi connectivity index (χ4v) is 3.84. The van der Waals surface area contributed by atoms with Gasteiger partial charge in [-0.1, -0.05) is 41.1 Å². The Kier molecular flexibility index (Phi) is 5.90. The summed E-state index contributed by atoms with van der Waals surface area (Å²) in [7, 11) is 0. The average molecular weight is 451 g/mol. The summed E-state index contributed by atoms with van der Waals surface area (Å²) in [5.74, 6) is 1.60. The molecule has 0 atom stereocenters. The van der Waals surface area contributed by atoms with Gasteiger partial charge in [-0.2, -0.15) is 0 Å². The lowest BCUT2D eigenvalue weighted by molar-refractivity contribution is 0.102. The van der Waals surface area contributed by atoms with E-state index in [-0.39, 0.29) is 5.91 Å². The molecule has 0 spiro atoms. The van der Waals surface area contributed by atoms with Gasteiger partial charge in [0.2, 0.25) is 0 Å². The molecule has 1 aromatic heterocycles. The molecule has 1 amide bonds. The molecule has 1 N–H and O–H groups in total. The first kappa shape index (κ1) is 19.6. The third-order valence-electron chi connectivity index (χ3n) is 5.28. The number of nitrogens with one attached hydrogen (secondary N) is 1. The molecule has 0 saturated carbocycles. The van der Waals surface area contributed by atoms with Crippen LogP contribution in [-0.2, 0) is 0 Å². The number of carbonyl (C=O) groups is 1. The Labute approximate surface area is 179 Å². The van der Waals surface area contributed by atoms with Gasteiger partial charge in [0, 0.05) is 34.4 Å².